The Kier molecular flexibility index (Phi) is 7.24. The van der Waals surface area contributed by atoms with Crippen molar-refractivity contribution in [2.45, 2.75) is 31.1 Å². The number of amides is 1. The van der Waals surface area contributed by atoms with Crippen LogP contribution in [0.4, 0.5) is 5.69 Å². The summed E-state index contributed by atoms with van der Waals surface area (Å²) < 4.78 is 5.07. The van der Waals surface area contributed by atoms with E-state index in [0.717, 1.165) is 27.8 Å². The lowest BCUT2D eigenvalue weighted by Gasteiger charge is -2.12. The molecule has 0 aliphatic rings. The van der Waals surface area contributed by atoms with Crippen molar-refractivity contribution in [2.24, 2.45) is 0 Å². The second kappa shape index (κ2) is 9.64. The zero-order valence-electron chi connectivity index (χ0n) is 14.7. The Bertz CT molecular complexity index is 816. The van der Waals surface area contributed by atoms with Crippen molar-refractivity contribution in [3.8, 4) is 5.40 Å². The molecule has 2 rings (SSSR count). The topological polar surface area (TPSA) is 79.2 Å². The minimum absolute atomic E-state index is 0.0270. The number of nitrogens with one attached hydrogen (secondary N) is 1. The average molecular weight is 368 g/mol. The van der Waals surface area contributed by atoms with Gasteiger partial charge in [-0.25, -0.2) is 0 Å². The van der Waals surface area contributed by atoms with Crippen LogP contribution in [0.25, 0.3) is 0 Å². The Morgan fingerprint density at radius 3 is 2.62 bits per heavy atom. The first kappa shape index (κ1) is 19.5. The molecule has 1 N–H and O–H groups in total. The number of anilines is 1. The summed E-state index contributed by atoms with van der Waals surface area (Å²) in [4.78, 5) is 24.7. The lowest BCUT2D eigenvalue weighted by atomic mass is 9.98. The van der Waals surface area contributed by atoms with Crippen LogP contribution in [0.3, 0.4) is 0 Å². The zero-order valence-corrected chi connectivity index (χ0v) is 15.5. The average Bonchev–Trinajstić information content (AvgIpc) is 2.63. The van der Waals surface area contributed by atoms with Gasteiger partial charge in [-0.15, -0.1) is 0 Å². The molecule has 0 saturated carbocycles. The number of ether oxygens (including phenoxy) is 1. The normalized spacial score (nSPS) is 11.3. The van der Waals surface area contributed by atoms with Gasteiger partial charge < -0.3 is 10.1 Å². The number of nitrogens with zero attached hydrogens (tertiary/aromatic N) is 1. The van der Waals surface area contributed by atoms with Crippen LogP contribution in [-0.4, -0.2) is 18.5 Å². The maximum absolute atomic E-state index is 12.0. The van der Waals surface area contributed by atoms with E-state index < -0.39 is 11.9 Å². The van der Waals surface area contributed by atoms with Gasteiger partial charge in [0.1, 0.15) is 5.40 Å². The van der Waals surface area contributed by atoms with Gasteiger partial charge in [0.05, 0.1) is 6.42 Å². The number of thioether (sulfide) groups is 1. The molecule has 5 nitrogen and oxygen atoms in total. The first-order chi connectivity index (χ1) is 12.5. The van der Waals surface area contributed by atoms with E-state index in [1.807, 2.05) is 55.6 Å². The predicted molar refractivity (Wildman–Crippen MR) is 102 cm³/mol. The summed E-state index contributed by atoms with van der Waals surface area (Å²) in [7, 11) is 0. The van der Waals surface area contributed by atoms with Gasteiger partial charge in [-0.3, -0.25) is 9.59 Å². The molecule has 0 spiro atoms. The summed E-state index contributed by atoms with van der Waals surface area (Å²) >= 11 is 1.06. The Morgan fingerprint density at radius 2 is 1.96 bits per heavy atom. The van der Waals surface area contributed by atoms with E-state index >= 15 is 0 Å². The highest BCUT2D eigenvalue weighted by Gasteiger charge is 2.14. The number of hydrogen-bond donors (Lipinski definition) is 1. The number of nitriles is 1. The quantitative estimate of drug-likeness (QED) is 0.449. The second-order valence-electron chi connectivity index (χ2n) is 5.89. The lowest BCUT2D eigenvalue weighted by Crippen LogP contribution is -2.21. The molecular formula is C20H20N2O3S. The van der Waals surface area contributed by atoms with Crippen molar-refractivity contribution < 1.29 is 14.3 Å². The third kappa shape index (κ3) is 5.94. The summed E-state index contributed by atoms with van der Waals surface area (Å²) in [6, 6.07) is 15.0. The van der Waals surface area contributed by atoms with Crippen LogP contribution in [0.5, 0.6) is 0 Å². The highest BCUT2D eigenvalue weighted by molar-refractivity contribution is 8.03. The molecule has 0 saturated heterocycles. The number of aryl methyl sites for hydroxylation is 1. The smallest absolute Gasteiger partial charge is 0.306 e. The van der Waals surface area contributed by atoms with Gasteiger partial charge in [0.2, 0.25) is 0 Å². The Balaban J connectivity index is 1.81. The van der Waals surface area contributed by atoms with Crippen LogP contribution in [0.1, 0.15) is 30.4 Å². The van der Waals surface area contributed by atoms with E-state index in [1.54, 1.807) is 12.1 Å². The third-order valence-corrected chi connectivity index (χ3v) is 4.42. The van der Waals surface area contributed by atoms with Crippen LogP contribution in [0, 0.1) is 17.6 Å². The van der Waals surface area contributed by atoms with Gasteiger partial charge in [-0.1, -0.05) is 37.3 Å². The maximum Gasteiger partial charge on any atom is 0.306 e. The fraction of sp³-hybridized carbons (Fsp3) is 0.250. The number of thiocyanates is 1. The second-order valence-corrected chi connectivity index (χ2v) is 6.75. The minimum atomic E-state index is -0.408. The molecule has 0 unspecified atom stereocenters. The summed E-state index contributed by atoms with van der Waals surface area (Å²) in [5.74, 6) is -0.775. The number of carbonyl (C=O) groups excluding carboxylic acids is 2. The van der Waals surface area contributed by atoms with E-state index in [4.69, 9.17) is 10.00 Å². The number of carbonyl (C=O) groups is 2. The van der Waals surface area contributed by atoms with Gasteiger partial charge in [0.15, 0.2) is 6.61 Å². The predicted octanol–water partition coefficient (Wildman–Crippen LogP) is 4.24. The van der Waals surface area contributed by atoms with E-state index in [0.29, 0.717) is 5.69 Å². The molecule has 2 aromatic carbocycles. The highest BCUT2D eigenvalue weighted by Crippen LogP contribution is 2.23. The van der Waals surface area contributed by atoms with E-state index in [9.17, 15) is 9.59 Å². The van der Waals surface area contributed by atoms with Crippen molar-refractivity contribution in [1.29, 1.82) is 5.26 Å². The maximum atomic E-state index is 12.0. The molecular weight excluding hydrogens is 348 g/mol. The summed E-state index contributed by atoms with van der Waals surface area (Å²) in [5, 5.41) is 13.4. The zero-order chi connectivity index (χ0) is 18.9. The SMILES string of the molecule is Cc1cc(SC#N)ccc1NC(=O)COC(=O)C[C@@H](C)c1ccccc1. The summed E-state index contributed by atoms with van der Waals surface area (Å²) in [6.07, 6.45) is 0.219. The van der Waals surface area contributed by atoms with Gasteiger partial charge in [-0.05, 0) is 53.9 Å². The molecule has 26 heavy (non-hydrogen) atoms. The first-order valence-corrected chi connectivity index (χ1v) is 8.98. The molecule has 6 heteroatoms. The molecule has 0 radical (unpaired) electrons. The third-order valence-electron chi connectivity index (χ3n) is 3.84. The number of hydrogen-bond acceptors (Lipinski definition) is 5. The largest absolute Gasteiger partial charge is 0.456 e. The molecule has 134 valence electrons. The molecule has 0 heterocycles. The van der Waals surface area contributed by atoms with Crippen LogP contribution in [0.15, 0.2) is 53.4 Å². The van der Waals surface area contributed by atoms with E-state index in [1.165, 1.54) is 0 Å². The Morgan fingerprint density at radius 1 is 1.23 bits per heavy atom. The summed E-state index contributed by atoms with van der Waals surface area (Å²) in [5.41, 5.74) is 2.52. The van der Waals surface area contributed by atoms with Crippen LogP contribution in [0.2, 0.25) is 0 Å². The number of rotatable bonds is 7. The number of benzene rings is 2. The van der Waals surface area contributed by atoms with Gasteiger partial charge in [0, 0.05) is 10.6 Å². The molecule has 2 aromatic rings. The van der Waals surface area contributed by atoms with Gasteiger partial charge >= 0.3 is 5.97 Å². The fourth-order valence-corrected chi connectivity index (χ4v) is 2.91. The Labute approximate surface area is 157 Å². The Hall–Kier alpha value is -2.78. The lowest BCUT2D eigenvalue weighted by molar-refractivity contribution is -0.147. The summed E-state index contributed by atoms with van der Waals surface area (Å²) in [6.45, 7) is 3.46. The van der Waals surface area contributed by atoms with Crippen molar-refractivity contribution in [3.05, 3.63) is 59.7 Å². The molecule has 1 atom stereocenters. The van der Waals surface area contributed by atoms with Crippen molar-refractivity contribution >= 4 is 29.3 Å². The van der Waals surface area contributed by atoms with Crippen LogP contribution in [-0.2, 0) is 14.3 Å². The first-order valence-electron chi connectivity index (χ1n) is 8.16. The highest BCUT2D eigenvalue weighted by atomic mass is 32.2. The number of esters is 1. The molecule has 0 aliphatic carbocycles. The van der Waals surface area contributed by atoms with Crippen molar-refractivity contribution in [1.82, 2.24) is 0 Å². The molecule has 0 bridgehead atoms. The molecule has 0 aromatic heterocycles. The van der Waals surface area contributed by atoms with E-state index in [2.05, 4.69) is 5.32 Å². The molecule has 1 amide bonds. The monoisotopic (exact) mass is 368 g/mol. The van der Waals surface area contributed by atoms with Gasteiger partial charge in [-0.2, -0.15) is 5.26 Å². The fourth-order valence-electron chi connectivity index (χ4n) is 2.43. The van der Waals surface area contributed by atoms with Crippen molar-refractivity contribution in [3.63, 3.8) is 0 Å². The van der Waals surface area contributed by atoms with Gasteiger partial charge in [0.25, 0.3) is 5.91 Å². The molecule has 0 fully saturated rings. The molecule has 0 aliphatic heterocycles. The van der Waals surface area contributed by atoms with Crippen LogP contribution < -0.4 is 5.32 Å². The minimum Gasteiger partial charge on any atom is -0.456 e. The standard InChI is InChI=1S/C20H20N2O3S/c1-14(16-6-4-3-5-7-16)11-20(24)25-12-19(23)22-18-9-8-17(26-13-21)10-15(18)2/h3-10,14H,11-12H2,1-2H3,(H,22,23)/t14-/m1/s1. The van der Waals surface area contributed by atoms with E-state index in [-0.39, 0.29) is 18.9 Å². The van der Waals surface area contributed by atoms with Crippen molar-refractivity contribution in [2.75, 3.05) is 11.9 Å². The van der Waals surface area contributed by atoms with Crippen LogP contribution >= 0.6 is 11.8 Å².